The van der Waals surface area contributed by atoms with Crippen LogP contribution in [0.5, 0.6) is 0 Å². The third kappa shape index (κ3) is 3.92. The first-order valence-electron chi connectivity index (χ1n) is 7.63. The maximum absolute atomic E-state index is 12.4. The highest BCUT2D eigenvalue weighted by Crippen LogP contribution is 2.36. The second-order valence-corrected chi connectivity index (χ2v) is 7.64. The molecule has 0 saturated heterocycles. The maximum atomic E-state index is 12.4. The molecule has 1 aromatic carbocycles. The molecule has 0 amide bonds. The van der Waals surface area contributed by atoms with Gasteiger partial charge in [0.25, 0.3) is 0 Å². The van der Waals surface area contributed by atoms with E-state index < -0.39 is 11.1 Å². The van der Waals surface area contributed by atoms with Crippen molar-refractivity contribution in [2.24, 2.45) is 17.8 Å². The summed E-state index contributed by atoms with van der Waals surface area (Å²) in [4.78, 5) is 0.774. The molecule has 1 fully saturated rings. The van der Waals surface area contributed by atoms with Gasteiger partial charge in [-0.25, -0.2) is 4.21 Å². The summed E-state index contributed by atoms with van der Waals surface area (Å²) in [6.07, 6.45) is 3.61. The topological polar surface area (TPSA) is 26.3 Å². The predicted molar refractivity (Wildman–Crippen MR) is 83.8 cm³/mol. The van der Waals surface area contributed by atoms with Crippen LogP contribution in [0.2, 0.25) is 0 Å². The zero-order chi connectivity index (χ0) is 14.7. The Morgan fingerprint density at radius 2 is 1.85 bits per heavy atom. The molecule has 1 aliphatic carbocycles. The molecule has 3 heteroatoms. The van der Waals surface area contributed by atoms with Crippen molar-refractivity contribution in [3.05, 3.63) is 29.8 Å². The SMILES string of the molecule is Cc1ccc([S@@](=O)O[C@@H]2C[C@@H](C)CC[C@@H]2C(C)C)cc1. The largest absolute Gasteiger partial charge is 0.283 e. The van der Waals surface area contributed by atoms with Gasteiger partial charge in [-0.2, -0.15) is 0 Å². The molecule has 4 atom stereocenters. The average molecular weight is 294 g/mol. The molecule has 0 N–H and O–H groups in total. The zero-order valence-electron chi connectivity index (χ0n) is 13.0. The van der Waals surface area contributed by atoms with Crippen molar-refractivity contribution >= 4 is 11.1 Å². The molecule has 2 rings (SSSR count). The van der Waals surface area contributed by atoms with Crippen LogP contribution in [0.3, 0.4) is 0 Å². The van der Waals surface area contributed by atoms with Gasteiger partial charge in [0.15, 0.2) is 11.1 Å². The van der Waals surface area contributed by atoms with E-state index >= 15 is 0 Å². The lowest BCUT2D eigenvalue weighted by Gasteiger charge is -2.36. The molecule has 112 valence electrons. The minimum atomic E-state index is -1.34. The van der Waals surface area contributed by atoms with Crippen LogP contribution in [0.4, 0.5) is 0 Å². The summed E-state index contributed by atoms with van der Waals surface area (Å²) in [5, 5.41) is 0. The Morgan fingerprint density at radius 3 is 2.45 bits per heavy atom. The van der Waals surface area contributed by atoms with Crippen molar-refractivity contribution < 1.29 is 8.39 Å². The van der Waals surface area contributed by atoms with Gasteiger partial charge in [0.2, 0.25) is 0 Å². The van der Waals surface area contributed by atoms with Crippen LogP contribution in [0.15, 0.2) is 29.2 Å². The van der Waals surface area contributed by atoms with E-state index in [2.05, 4.69) is 20.8 Å². The first-order chi connectivity index (χ1) is 9.47. The van der Waals surface area contributed by atoms with E-state index in [0.29, 0.717) is 17.8 Å². The fourth-order valence-electron chi connectivity index (χ4n) is 3.04. The Bertz CT molecular complexity index is 453. The Hall–Kier alpha value is -0.670. The van der Waals surface area contributed by atoms with Gasteiger partial charge in [-0.05, 0) is 49.7 Å². The molecule has 0 radical (unpaired) electrons. The molecule has 0 aromatic heterocycles. The lowest BCUT2D eigenvalue weighted by molar-refractivity contribution is 0.0567. The summed E-state index contributed by atoms with van der Waals surface area (Å²) < 4.78 is 18.3. The van der Waals surface area contributed by atoms with Crippen molar-refractivity contribution in [1.29, 1.82) is 0 Å². The first kappa shape index (κ1) is 15.7. The highest BCUT2D eigenvalue weighted by molar-refractivity contribution is 7.80. The minimum Gasteiger partial charge on any atom is -0.283 e. The summed E-state index contributed by atoms with van der Waals surface area (Å²) in [6, 6.07) is 7.78. The standard InChI is InChI=1S/C17H26O2S/c1-12(2)16-10-7-14(4)11-17(16)19-20(18)15-8-5-13(3)6-9-15/h5-6,8-9,12,14,16-17H,7,10-11H2,1-4H3/t14-,16+,17+,20-/m0/s1. The second kappa shape index (κ2) is 6.86. The van der Waals surface area contributed by atoms with E-state index in [1.165, 1.54) is 18.4 Å². The summed E-state index contributed by atoms with van der Waals surface area (Å²) in [5.74, 6) is 1.79. The van der Waals surface area contributed by atoms with Crippen LogP contribution in [-0.4, -0.2) is 10.3 Å². The highest BCUT2D eigenvalue weighted by Gasteiger charge is 2.33. The third-order valence-electron chi connectivity index (χ3n) is 4.39. The maximum Gasteiger partial charge on any atom is 0.189 e. The molecule has 1 aromatic rings. The third-order valence-corrected chi connectivity index (χ3v) is 5.46. The molecule has 1 aliphatic rings. The van der Waals surface area contributed by atoms with E-state index in [9.17, 15) is 4.21 Å². The van der Waals surface area contributed by atoms with Gasteiger partial charge in [-0.3, -0.25) is 4.18 Å². The summed E-state index contributed by atoms with van der Waals surface area (Å²) in [5.41, 5.74) is 1.18. The van der Waals surface area contributed by atoms with E-state index in [1.807, 2.05) is 31.2 Å². The average Bonchev–Trinajstić information content (AvgIpc) is 2.39. The van der Waals surface area contributed by atoms with Gasteiger partial charge in [0.05, 0.1) is 11.0 Å². The summed E-state index contributed by atoms with van der Waals surface area (Å²) in [7, 11) is 0. The second-order valence-electron chi connectivity index (χ2n) is 6.51. The Morgan fingerprint density at radius 1 is 1.20 bits per heavy atom. The zero-order valence-corrected chi connectivity index (χ0v) is 13.8. The highest BCUT2D eigenvalue weighted by atomic mass is 32.2. The van der Waals surface area contributed by atoms with Crippen molar-refractivity contribution in [3.8, 4) is 0 Å². The molecule has 0 unspecified atom stereocenters. The number of hydrogen-bond acceptors (Lipinski definition) is 2. The lowest BCUT2D eigenvalue weighted by atomic mass is 9.75. The summed E-state index contributed by atoms with van der Waals surface area (Å²) in [6.45, 7) is 8.78. The normalized spacial score (nSPS) is 28.6. The fourth-order valence-corrected chi connectivity index (χ4v) is 3.96. The van der Waals surface area contributed by atoms with Crippen LogP contribution in [0.25, 0.3) is 0 Å². The lowest BCUT2D eigenvalue weighted by Crippen LogP contribution is -2.34. The number of benzene rings is 1. The van der Waals surface area contributed by atoms with Crippen LogP contribution in [0, 0.1) is 24.7 Å². The van der Waals surface area contributed by atoms with Gasteiger partial charge < -0.3 is 0 Å². The molecule has 1 saturated carbocycles. The van der Waals surface area contributed by atoms with Gasteiger partial charge in [0.1, 0.15) is 0 Å². The smallest absolute Gasteiger partial charge is 0.189 e. The van der Waals surface area contributed by atoms with E-state index in [1.54, 1.807) is 0 Å². The molecule has 0 aliphatic heterocycles. The van der Waals surface area contributed by atoms with E-state index in [0.717, 1.165) is 11.3 Å². The van der Waals surface area contributed by atoms with E-state index in [4.69, 9.17) is 4.18 Å². The quantitative estimate of drug-likeness (QED) is 0.817. The monoisotopic (exact) mass is 294 g/mol. The molecular formula is C17H26O2S. The Labute approximate surface area is 125 Å². The molecule has 2 nitrogen and oxygen atoms in total. The Kier molecular flexibility index (Phi) is 5.39. The molecule has 20 heavy (non-hydrogen) atoms. The molecule has 0 heterocycles. The van der Waals surface area contributed by atoms with E-state index in [-0.39, 0.29) is 6.10 Å². The van der Waals surface area contributed by atoms with Crippen molar-refractivity contribution in [1.82, 2.24) is 0 Å². The molecule has 0 bridgehead atoms. The van der Waals surface area contributed by atoms with Gasteiger partial charge >= 0.3 is 0 Å². The van der Waals surface area contributed by atoms with Gasteiger partial charge in [0, 0.05) is 0 Å². The van der Waals surface area contributed by atoms with Crippen LogP contribution in [-0.2, 0) is 15.3 Å². The Balaban J connectivity index is 2.05. The molecule has 0 spiro atoms. The summed E-state index contributed by atoms with van der Waals surface area (Å²) >= 11 is -1.34. The number of rotatable bonds is 4. The van der Waals surface area contributed by atoms with Crippen molar-refractivity contribution in [2.75, 3.05) is 0 Å². The van der Waals surface area contributed by atoms with Gasteiger partial charge in [-0.15, -0.1) is 0 Å². The van der Waals surface area contributed by atoms with Crippen molar-refractivity contribution in [3.63, 3.8) is 0 Å². The van der Waals surface area contributed by atoms with Crippen LogP contribution in [0.1, 0.15) is 45.6 Å². The number of aryl methyl sites for hydroxylation is 1. The predicted octanol–water partition coefficient (Wildman–Crippen LogP) is 4.50. The van der Waals surface area contributed by atoms with Gasteiger partial charge in [-0.1, -0.05) is 44.9 Å². The molecular weight excluding hydrogens is 268 g/mol. The minimum absolute atomic E-state index is 0.126. The van der Waals surface area contributed by atoms with Crippen molar-refractivity contribution in [2.45, 2.75) is 58.0 Å². The van der Waals surface area contributed by atoms with Crippen LogP contribution >= 0.6 is 0 Å². The number of hydrogen-bond donors (Lipinski definition) is 0. The first-order valence-corrected chi connectivity index (χ1v) is 8.70. The van der Waals surface area contributed by atoms with Crippen LogP contribution < -0.4 is 0 Å². The fraction of sp³-hybridized carbons (Fsp3) is 0.647.